The van der Waals surface area contributed by atoms with Gasteiger partial charge >= 0.3 is 0 Å². The zero-order valence-electron chi connectivity index (χ0n) is 11.0. The van der Waals surface area contributed by atoms with Gasteiger partial charge in [-0.15, -0.1) is 0 Å². The maximum Gasteiger partial charge on any atom is 0.241 e. The fourth-order valence-electron chi connectivity index (χ4n) is 1.42. The minimum absolute atomic E-state index is 0.0233. The molecule has 19 heavy (non-hydrogen) atoms. The molecule has 1 aromatic carbocycles. The standard InChI is InChI=1S/C12H15Cl2NO3S/c1-12(2,3)11(16)7-5-10(19(17,18)15-4)9(14)6-8(7)13/h5-6,15H,1-4H3. The Bertz CT molecular complexity index is 619. The molecule has 0 heterocycles. The number of rotatable bonds is 3. The molecule has 4 nitrogen and oxygen atoms in total. The van der Waals surface area contributed by atoms with Crippen LogP contribution in [-0.4, -0.2) is 21.2 Å². The highest BCUT2D eigenvalue weighted by Crippen LogP contribution is 2.32. The average Bonchev–Trinajstić information content (AvgIpc) is 2.26. The lowest BCUT2D eigenvalue weighted by Crippen LogP contribution is -2.23. The summed E-state index contributed by atoms with van der Waals surface area (Å²) in [7, 11) is -2.47. The average molecular weight is 324 g/mol. The molecule has 0 atom stereocenters. The summed E-state index contributed by atoms with van der Waals surface area (Å²) >= 11 is 11.8. The van der Waals surface area contributed by atoms with E-state index in [0.717, 1.165) is 0 Å². The smallest absolute Gasteiger partial charge is 0.241 e. The van der Waals surface area contributed by atoms with Crippen LogP contribution in [0.25, 0.3) is 0 Å². The van der Waals surface area contributed by atoms with Crippen LogP contribution in [0.5, 0.6) is 0 Å². The van der Waals surface area contributed by atoms with Crippen molar-refractivity contribution in [1.29, 1.82) is 0 Å². The Morgan fingerprint density at radius 3 is 2.11 bits per heavy atom. The summed E-state index contributed by atoms with van der Waals surface area (Å²) < 4.78 is 25.8. The van der Waals surface area contributed by atoms with E-state index in [0.29, 0.717) is 0 Å². The molecule has 1 N–H and O–H groups in total. The van der Waals surface area contributed by atoms with Crippen molar-refractivity contribution in [2.75, 3.05) is 7.05 Å². The van der Waals surface area contributed by atoms with Gasteiger partial charge in [0.25, 0.3) is 0 Å². The van der Waals surface area contributed by atoms with Crippen LogP contribution < -0.4 is 4.72 Å². The predicted octanol–water partition coefficient (Wildman–Crippen LogP) is 3.13. The Hall–Kier alpha value is -0.620. The molecule has 0 aromatic heterocycles. The summed E-state index contributed by atoms with van der Waals surface area (Å²) in [6.45, 7) is 5.19. The first kappa shape index (κ1) is 16.4. The van der Waals surface area contributed by atoms with Crippen molar-refractivity contribution in [3.05, 3.63) is 27.7 Å². The maximum absolute atomic E-state index is 12.2. The highest BCUT2D eigenvalue weighted by molar-refractivity contribution is 7.89. The van der Waals surface area contributed by atoms with Gasteiger partial charge in [-0.2, -0.15) is 0 Å². The fourth-order valence-corrected chi connectivity index (χ4v) is 3.01. The van der Waals surface area contributed by atoms with E-state index in [-0.39, 0.29) is 26.3 Å². The van der Waals surface area contributed by atoms with Gasteiger partial charge < -0.3 is 0 Å². The first-order chi connectivity index (χ1) is 8.50. The first-order valence-corrected chi connectivity index (χ1v) is 7.72. The third-order valence-corrected chi connectivity index (χ3v) is 4.70. The van der Waals surface area contributed by atoms with Gasteiger partial charge in [0.15, 0.2) is 5.78 Å². The van der Waals surface area contributed by atoms with E-state index in [1.807, 2.05) is 0 Å². The van der Waals surface area contributed by atoms with Crippen LogP contribution in [0.15, 0.2) is 17.0 Å². The Labute approximate surface area is 123 Å². The highest BCUT2D eigenvalue weighted by Gasteiger charge is 2.28. The summed E-state index contributed by atoms with van der Waals surface area (Å²) in [6.07, 6.45) is 0. The molecule has 106 valence electrons. The molecule has 0 saturated carbocycles. The van der Waals surface area contributed by atoms with Gasteiger partial charge in [-0.3, -0.25) is 4.79 Å². The van der Waals surface area contributed by atoms with Gasteiger partial charge in [0.1, 0.15) is 4.90 Å². The van der Waals surface area contributed by atoms with Gasteiger partial charge in [0.05, 0.1) is 10.0 Å². The number of halogens is 2. The Balaban J connectivity index is 3.54. The van der Waals surface area contributed by atoms with Crippen molar-refractivity contribution in [2.45, 2.75) is 25.7 Å². The molecule has 0 aliphatic carbocycles. The predicted molar refractivity (Wildman–Crippen MR) is 76.5 cm³/mol. The summed E-state index contributed by atoms with van der Waals surface area (Å²) in [5.74, 6) is -0.248. The van der Waals surface area contributed by atoms with E-state index in [2.05, 4.69) is 4.72 Å². The Morgan fingerprint density at radius 1 is 1.16 bits per heavy atom. The number of hydrogen-bond acceptors (Lipinski definition) is 3. The molecule has 0 saturated heterocycles. The number of benzene rings is 1. The van der Waals surface area contributed by atoms with Crippen molar-refractivity contribution in [3.63, 3.8) is 0 Å². The van der Waals surface area contributed by atoms with Crippen molar-refractivity contribution in [3.8, 4) is 0 Å². The maximum atomic E-state index is 12.2. The zero-order chi connectivity index (χ0) is 15.0. The summed E-state index contributed by atoms with van der Waals surface area (Å²) in [5.41, 5.74) is -0.523. The summed E-state index contributed by atoms with van der Waals surface area (Å²) in [6, 6.07) is 2.48. The molecule has 0 aliphatic heterocycles. The molecule has 0 aliphatic rings. The topological polar surface area (TPSA) is 63.2 Å². The number of sulfonamides is 1. The number of hydrogen-bond donors (Lipinski definition) is 1. The van der Waals surface area contributed by atoms with Gasteiger partial charge in [0, 0.05) is 11.0 Å². The highest BCUT2D eigenvalue weighted by atomic mass is 35.5. The number of carbonyl (C=O) groups excluding carboxylic acids is 1. The lowest BCUT2D eigenvalue weighted by molar-refractivity contribution is 0.0858. The van der Waals surface area contributed by atoms with E-state index in [1.165, 1.54) is 19.2 Å². The molecular weight excluding hydrogens is 309 g/mol. The molecule has 0 radical (unpaired) electrons. The number of carbonyl (C=O) groups is 1. The second-order valence-corrected chi connectivity index (χ2v) is 7.72. The lowest BCUT2D eigenvalue weighted by atomic mass is 9.86. The SMILES string of the molecule is CNS(=O)(=O)c1cc(C(=O)C(C)(C)C)c(Cl)cc1Cl. The zero-order valence-corrected chi connectivity index (χ0v) is 13.4. The number of Topliss-reactive ketones (excluding diaryl/α,β-unsaturated/α-hetero) is 1. The molecule has 0 unspecified atom stereocenters. The first-order valence-electron chi connectivity index (χ1n) is 5.48. The van der Waals surface area contributed by atoms with E-state index in [1.54, 1.807) is 20.8 Å². The third-order valence-electron chi connectivity index (χ3n) is 2.51. The van der Waals surface area contributed by atoms with Gasteiger partial charge in [0.2, 0.25) is 10.0 Å². The third kappa shape index (κ3) is 3.48. The van der Waals surface area contributed by atoms with Gasteiger partial charge in [-0.25, -0.2) is 13.1 Å². The molecule has 7 heteroatoms. The number of nitrogens with one attached hydrogen (secondary N) is 1. The number of ketones is 1. The quantitative estimate of drug-likeness (QED) is 0.869. The van der Waals surface area contributed by atoms with Crippen LogP contribution in [0.1, 0.15) is 31.1 Å². The van der Waals surface area contributed by atoms with Crippen molar-refractivity contribution in [1.82, 2.24) is 4.72 Å². The van der Waals surface area contributed by atoms with Crippen molar-refractivity contribution >= 4 is 39.0 Å². The molecule has 0 fully saturated rings. The van der Waals surface area contributed by atoms with Crippen LogP contribution in [0.4, 0.5) is 0 Å². The normalized spacial score (nSPS) is 12.5. The van der Waals surface area contributed by atoms with E-state index < -0.39 is 15.4 Å². The van der Waals surface area contributed by atoms with Crippen molar-refractivity contribution in [2.24, 2.45) is 5.41 Å². The monoisotopic (exact) mass is 323 g/mol. The second-order valence-electron chi connectivity index (χ2n) is 5.05. The van der Waals surface area contributed by atoms with Crippen molar-refractivity contribution < 1.29 is 13.2 Å². The largest absolute Gasteiger partial charge is 0.294 e. The van der Waals surface area contributed by atoms with E-state index >= 15 is 0 Å². The molecule has 1 aromatic rings. The van der Waals surface area contributed by atoms with Gasteiger partial charge in [-0.1, -0.05) is 44.0 Å². The van der Waals surface area contributed by atoms with Gasteiger partial charge in [-0.05, 0) is 19.2 Å². The fraction of sp³-hybridized carbons (Fsp3) is 0.417. The molecular formula is C12H15Cl2NO3S. The molecule has 0 spiro atoms. The second kappa shape index (κ2) is 5.40. The van der Waals surface area contributed by atoms with E-state index in [9.17, 15) is 13.2 Å². The molecule has 0 bridgehead atoms. The Morgan fingerprint density at radius 2 is 1.68 bits per heavy atom. The Kier molecular flexibility index (Phi) is 4.67. The van der Waals surface area contributed by atoms with Crippen LogP contribution >= 0.6 is 23.2 Å². The van der Waals surface area contributed by atoms with Crippen LogP contribution in [0.3, 0.4) is 0 Å². The van der Waals surface area contributed by atoms with Crippen LogP contribution in [0, 0.1) is 5.41 Å². The molecule has 1 rings (SSSR count). The summed E-state index contributed by atoms with van der Waals surface area (Å²) in [5, 5.41) is 0.116. The minimum Gasteiger partial charge on any atom is -0.294 e. The summed E-state index contributed by atoms with van der Waals surface area (Å²) in [4.78, 5) is 12.1. The minimum atomic E-state index is -3.74. The molecule has 0 amide bonds. The lowest BCUT2D eigenvalue weighted by Gasteiger charge is -2.18. The van der Waals surface area contributed by atoms with Crippen LogP contribution in [-0.2, 0) is 10.0 Å². The van der Waals surface area contributed by atoms with E-state index in [4.69, 9.17) is 23.2 Å². The van der Waals surface area contributed by atoms with Crippen LogP contribution in [0.2, 0.25) is 10.0 Å².